The summed E-state index contributed by atoms with van der Waals surface area (Å²) in [7, 11) is 0. The van der Waals surface area contributed by atoms with Crippen molar-refractivity contribution in [1.82, 2.24) is 14.7 Å². The van der Waals surface area contributed by atoms with E-state index in [-0.39, 0.29) is 0 Å². The predicted octanol–water partition coefficient (Wildman–Crippen LogP) is 1.14. The minimum atomic E-state index is 0.386. The third kappa shape index (κ3) is 1.99. The molecule has 0 atom stereocenters. The summed E-state index contributed by atoms with van der Waals surface area (Å²) in [6, 6.07) is 3.20. The van der Waals surface area contributed by atoms with Gasteiger partial charge < -0.3 is 5.73 Å². The second kappa shape index (κ2) is 4.18. The number of hydrogen-bond donors (Lipinski definition) is 1. The lowest BCUT2D eigenvalue weighted by atomic mass is 10.1. The van der Waals surface area contributed by atoms with Crippen LogP contribution in [0.2, 0.25) is 0 Å². The molecule has 4 heteroatoms. The molecule has 2 N–H and O–H groups in total. The maximum atomic E-state index is 5.76. The Morgan fingerprint density at radius 1 is 1.31 bits per heavy atom. The summed E-state index contributed by atoms with van der Waals surface area (Å²) < 4.78 is 2.17. The van der Waals surface area contributed by atoms with Crippen molar-refractivity contribution in [3.63, 3.8) is 0 Å². The lowest BCUT2D eigenvalue weighted by Crippen LogP contribution is -2.54. The Kier molecular flexibility index (Phi) is 2.69. The van der Waals surface area contributed by atoms with Gasteiger partial charge in [0, 0.05) is 31.9 Å². The van der Waals surface area contributed by atoms with E-state index in [9.17, 15) is 0 Å². The molecular weight excluding hydrogens is 200 g/mol. The molecule has 0 radical (unpaired) electrons. The zero-order chi connectivity index (χ0) is 11.0. The Balaban J connectivity index is 1.59. The molecule has 0 bridgehead atoms. The molecule has 1 saturated carbocycles. The van der Waals surface area contributed by atoms with Crippen LogP contribution in [0, 0.1) is 0 Å². The average molecular weight is 220 g/mol. The molecule has 1 aliphatic carbocycles. The molecule has 1 aliphatic heterocycles. The molecule has 2 aliphatic rings. The highest BCUT2D eigenvalue weighted by Gasteiger charge is 2.24. The van der Waals surface area contributed by atoms with Gasteiger partial charge in [-0.2, -0.15) is 5.10 Å². The van der Waals surface area contributed by atoms with E-state index in [1.165, 1.54) is 31.4 Å². The van der Waals surface area contributed by atoms with Gasteiger partial charge in [-0.25, -0.2) is 0 Å². The molecule has 16 heavy (non-hydrogen) atoms. The average Bonchev–Trinajstić information content (AvgIpc) is 2.84. The van der Waals surface area contributed by atoms with Crippen LogP contribution in [-0.2, 0) is 6.54 Å². The Morgan fingerprint density at radius 3 is 2.75 bits per heavy atom. The van der Waals surface area contributed by atoms with Crippen LogP contribution in [-0.4, -0.2) is 33.8 Å². The topological polar surface area (TPSA) is 47.1 Å². The van der Waals surface area contributed by atoms with Gasteiger partial charge in [-0.1, -0.05) is 12.8 Å². The van der Waals surface area contributed by atoms with Gasteiger partial charge in [0.2, 0.25) is 0 Å². The van der Waals surface area contributed by atoms with Gasteiger partial charge >= 0.3 is 0 Å². The zero-order valence-corrected chi connectivity index (χ0v) is 9.68. The molecule has 0 unspecified atom stereocenters. The largest absolute Gasteiger partial charge is 0.325 e. The summed E-state index contributed by atoms with van der Waals surface area (Å²) in [6.45, 7) is 3.01. The number of nitrogens with zero attached hydrogens (tertiary/aromatic N) is 3. The Labute approximate surface area is 96.4 Å². The Hall–Kier alpha value is -0.870. The first-order valence-electron chi connectivity index (χ1n) is 6.33. The predicted molar refractivity (Wildman–Crippen MR) is 63.0 cm³/mol. The number of aromatic nitrogens is 2. The standard InChI is InChI=1S/C12H20N4/c13-10-7-15(8-10)9-11-5-6-16(14-11)12-3-1-2-4-12/h5-6,10,12H,1-4,7-9,13H2. The van der Waals surface area contributed by atoms with Gasteiger partial charge in [-0.05, 0) is 18.9 Å². The highest BCUT2D eigenvalue weighted by atomic mass is 15.3. The molecule has 1 aromatic rings. The number of rotatable bonds is 3. The molecule has 3 rings (SSSR count). The summed E-state index contributed by atoms with van der Waals surface area (Å²) >= 11 is 0. The van der Waals surface area contributed by atoms with E-state index < -0.39 is 0 Å². The zero-order valence-electron chi connectivity index (χ0n) is 9.68. The van der Waals surface area contributed by atoms with Crippen molar-refractivity contribution >= 4 is 0 Å². The maximum absolute atomic E-state index is 5.76. The van der Waals surface area contributed by atoms with Gasteiger partial charge in [0.25, 0.3) is 0 Å². The van der Waals surface area contributed by atoms with E-state index in [4.69, 9.17) is 5.73 Å². The van der Waals surface area contributed by atoms with Crippen LogP contribution in [0.4, 0.5) is 0 Å². The molecule has 2 fully saturated rings. The summed E-state index contributed by atoms with van der Waals surface area (Å²) in [6.07, 6.45) is 7.47. The van der Waals surface area contributed by atoms with Gasteiger partial charge in [-0.3, -0.25) is 9.58 Å². The summed E-state index contributed by atoms with van der Waals surface area (Å²) in [5.41, 5.74) is 6.95. The molecular formula is C12H20N4. The van der Waals surface area contributed by atoms with Crippen LogP contribution in [0.25, 0.3) is 0 Å². The first-order chi connectivity index (χ1) is 7.81. The normalized spacial score (nSPS) is 23.8. The third-order valence-corrected chi connectivity index (χ3v) is 3.73. The van der Waals surface area contributed by atoms with Crippen LogP contribution >= 0.6 is 0 Å². The van der Waals surface area contributed by atoms with Crippen LogP contribution < -0.4 is 5.73 Å². The van der Waals surface area contributed by atoms with Gasteiger partial charge in [0.05, 0.1) is 11.7 Å². The van der Waals surface area contributed by atoms with E-state index in [0.29, 0.717) is 12.1 Å². The second-order valence-corrected chi connectivity index (χ2v) is 5.18. The SMILES string of the molecule is NC1CN(Cc2ccn(C3CCCC3)n2)C1. The van der Waals surface area contributed by atoms with E-state index in [0.717, 1.165) is 19.6 Å². The number of hydrogen-bond acceptors (Lipinski definition) is 3. The molecule has 4 nitrogen and oxygen atoms in total. The number of likely N-dealkylation sites (tertiary alicyclic amines) is 1. The quantitative estimate of drug-likeness (QED) is 0.831. The van der Waals surface area contributed by atoms with Gasteiger partial charge in [0.1, 0.15) is 0 Å². The molecule has 0 aromatic carbocycles. The van der Waals surface area contributed by atoms with E-state index in [2.05, 4.69) is 26.9 Å². The lowest BCUT2D eigenvalue weighted by Gasteiger charge is -2.36. The summed E-state index contributed by atoms with van der Waals surface area (Å²) in [4.78, 5) is 2.35. The van der Waals surface area contributed by atoms with E-state index >= 15 is 0 Å². The molecule has 0 amide bonds. The molecule has 1 saturated heterocycles. The highest BCUT2D eigenvalue weighted by molar-refractivity contribution is 5.02. The lowest BCUT2D eigenvalue weighted by molar-refractivity contribution is 0.140. The van der Waals surface area contributed by atoms with Crippen LogP contribution in [0.3, 0.4) is 0 Å². The Morgan fingerprint density at radius 2 is 2.06 bits per heavy atom. The van der Waals surface area contributed by atoms with Crippen LogP contribution in [0.15, 0.2) is 12.3 Å². The summed E-state index contributed by atoms with van der Waals surface area (Å²) in [5.74, 6) is 0. The molecule has 1 aromatic heterocycles. The highest BCUT2D eigenvalue weighted by Crippen LogP contribution is 2.28. The van der Waals surface area contributed by atoms with Crippen LogP contribution in [0.5, 0.6) is 0 Å². The minimum Gasteiger partial charge on any atom is -0.325 e. The summed E-state index contributed by atoms with van der Waals surface area (Å²) in [5, 5.41) is 4.67. The van der Waals surface area contributed by atoms with Crippen molar-refractivity contribution in [3.05, 3.63) is 18.0 Å². The third-order valence-electron chi connectivity index (χ3n) is 3.73. The monoisotopic (exact) mass is 220 g/mol. The fourth-order valence-electron chi connectivity index (χ4n) is 2.80. The molecule has 0 spiro atoms. The van der Waals surface area contributed by atoms with E-state index in [1.54, 1.807) is 0 Å². The first kappa shape index (κ1) is 10.3. The van der Waals surface area contributed by atoms with Crippen molar-refractivity contribution in [3.8, 4) is 0 Å². The van der Waals surface area contributed by atoms with Crippen molar-refractivity contribution < 1.29 is 0 Å². The molecule has 2 heterocycles. The smallest absolute Gasteiger partial charge is 0.0764 e. The minimum absolute atomic E-state index is 0.386. The van der Waals surface area contributed by atoms with Crippen molar-refractivity contribution in [2.24, 2.45) is 5.73 Å². The van der Waals surface area contributed by atoms with Crippen molar-refractivity contribution in [2.75, 3.05) is 13.1 Å². The first-order valence-corrected chi connectivity index (χ1v) is 6.33. The number of nitrogens with two attached hydrogens (primary N) is 1. The Bertz CT molecular complexity index is 348. The fraction of sp³-hybridized carbons (Fsp3) is 0.750. The second-order valence-electron chi connectivity index (χ2n) is 5.18. The van der Waals surface area contributed by atoms with Crippen molar-refractivity contribution in [1.29, 1.82) is 0 Å². The fourth-order valence-corrected chi connectivity index (χ4v) is 2.80. The van der Waals surface area contributed by atoms with E-state index in [1.807, 2.05) is 0 Å². The van der Waals surface area contributed by atoms with Crippen molar-refractivity contribution in [2.45, 2.75) is 44.3 Å². The van der Waals surface area contributed by atoms with Crippen LogP contribution in [0.1, 0.15) is 37.4 Å². The van der Waals surface area contributed by atoms with Gasteiger partial charge in [0.15, 0.2) is 0 Å². The van der Waals surface area contributed by atoms with Gasteiger partial charge in [-0.15, -0.1) is 0 Å². The maximum Gasteiger partial charge on any atom is 0.0764 e. The molecule has 88 valence electrons.